The zero-order chi connectivity index (χ0) is 33.5. The van der Waals surface area contributed by atoms with Gasteiger partial charge in [0.2, 0.25) is 17.7 Å². The van der Waals surface area contributed by atoms with Gasteiger partial charge in [-0.3, -0.25) is 28.9 Å². The third kappa shape index (κ3) is 19.4. The number of urea groups is 1. The normalized spacial score (nSPS) is 14.0. The molecule has 0 radical (unpaired) electrons. The van der Waals surface area contributed by atoms with E-state index in [4.69, 9.17) is 24.7 Å². The van der Waals surface area contributed by atoms with Crippen LogP contribution in [-0.2, 0) is 42.9 Å². The fourth-order valence-electron chi connectivity index (χ4n) is 3.95. The van der Waals surface area contributed by atoms with E-state index in [1.165, 1.54) is 12.2 Å². The highest BCUT2D eigenvalue weighted by molar-refractivity contribution is 6.13. The lowest BCUT2D eigenvalue weighted by molar-refractivity contribution is -0.137. The van der Waals surface area contributed by atoms with Crippen LogP contribution in [0.15, 0.2) is 12.2 Å². The second-order valence-electron chi connectivity index (χ2n) is 10.6. The van der Waals surface area contributed by atoms with Crippen LogP contribution in [0.5, 0.6) is 0 Å². The number of primary amides is 1. The number of nitrogens with zero attached hydrogens (tertiary/aromatic N) is 1. The molecular weight excluding hydrogens is 592 g/mol. The summed E-state index contributed by atoms with van der Waals surface area (Å²) in [6.45, 7) is 8.91. The molecule has 1 aliphatic heterocycles. The van der Waals surface area contributed by atoms with Gasteiger partial charge in [-0.1, -0.05) is 13.8 Å². The van der Waals surface area contributed by atoms with Crippen molar-refractivity contribution in [2.75, 3.05) is 72.5 Å². The Kier molecular flexibility index (Phi) is 20.8. The highest BCUT2D eigenvalue weighted by Crippen LogP contribution is 2.05. The second-order valence-corrected chi connectivity index (χ2v) is 10.6. The zero-order valence-electron chi connectivity index (χ0n) is 26.6. The minimum atomic E-state index is -0.672. The molecule has 0 bridgehead atoms. The molecule has 16 nitrogen and oxygen atoms in total. The highest BCUT2D eigenvalue weighted by atomic mass is 16.6. The Labute approximate surface area is 264 Å². The van der Waals surface area contributed by atoms with Crippen molar-refractivity contribution in [3.8, 4) is 0 Å². The number of carbonyl (C=O) groups is 6. The summed E-state index contributed by atoms with van der Waals surface area (Å²) in [6, 6.07) is -1.38. The van der Waals surface area contributed by atoms with Gasteiger partial charge in [-0.2, -0.15) is 0 Å². The van der Waals surface area contributed by atoms with Crippen LogP contribution in [0, 0.1) is 5.92 Å². The standard InChI is InChI=1S/C29H50N6O10/c1-21(2)27(28(40)33-22(3)5-4-10-32-29(30)41)34-24(37)9-13-42-15-17-44-19-20-45-18-16-43-14-11-31-23(36)8-12-35-25(38)6-7-26(35)39/h6-7,21-22,27H,4-5,8-20H2,1-3H3,(H,31,36)(H,33,40)(H,34,37)(H3,30,32,41)/t22-,27+/m1/s1. The molecule has 0 aromatic heterocycles. The Hall–Kier alpha value is -3.60. The average Bonchev–Trinajstić information content (AvgIpc) is 3.30. The van der Waals surface area contributed by atoms with Gasteiger partial charge in [0.05, 0.1) is 52.9 Å². The Morgan fingerprint density at radius 2 is 1.29 bits per heavy atom. The van der Waals surface area contributed by atoms with Crippen molar-refractivity contribution in [2.45, 2.75) is 58.5 Å². The largest absolute Gasteiger partial charge is 0.379 e. The lowest BCUT2D eigenvalue weighted by atomic mass is 10.0. The summed E-state index contributed by atoms with van der Waals surface area (Å²) in [6.07, 6.45) is 3.81. The zero-order valence-corrected chi connectivity index (χ0v) is 26.6. The molecular formula is C29H50N6O10. The molecule has 0 fully saturated rings. The topological polar surface area (TPSA) is 217 Å². The quantitative estimate of drug-likeness (QED) is 0.0571. The van der Waals surface area contributed by atoms with Crippen molar-refractivity contribution in [2.24, 2.45) is 11.7 Å². The second kappa shape index (κ2) is 23.7. The summed E-state index contributed by atoms with van der Waals surface area (Å²) in [5.74, 6) is -1.75. The van der Waals surface area contributed by atoms with Crippen molar-refractivity contribution < 1.29 is 47.7 Å². The van der Waals surface area contributed by atoms with Gasteiger partial charge in [-0.15, -0.1) is 0 Å². The van der Waals surface area contributed by atoms with E-state index in [1.54, 1.807) is 0 Å². The molecule has 0 aromatic carbocycles. The molecule has 256 valence electrons. The molecule has 0 saturated carbocycles. The van der Waals surface area contributed by atoms with E-state index in [-0.39, 0.29) is 55.7 Å². The fourth-order valence-corrected chi connectivity index (χ4v) is 3.95. The Balaban J connectivity index is 1.96. The number of carbonyl (C=O) groups excluding carboxylic acids is 6. The molecule has 0 aromatic rings. The predicted octanol–water partition coefficient (Wildman–Crippen LogP) is -1.03. The molecule has 0 saturated heterocycles. The van der Waals surface area contributed by atoms with Crippen LogP contribution >= 0.6 is 0 Å². The smallest absolute Gasteiger partial charge is 0.312 e. The predicted molar refractivity (Wildman–Crippen MR) is 163 cm³/mol. The van der Waals surface area contributed by atoms with Crippen molar-refractivity contribution in [1.29, 1.82) is 0 Å². The minimum absolute atomic E-state index is 0.0314. The molecule has 16 heteroatoms. The van der Waals surface area contributed by atoms with E-state index >= 15 is 0 Å². The van der Waals surface area contributed by atoms with Crippen LogP contribution in [0.25, 0.3) is 0 Å². The number of nitrogens with two attached hydrogens (primary N) is 1. The molecule has 2 atom stereocenters. The molecule has 1 heterocycles. The fraction of sp³-hybridized carbons (Fsp3) is 0.724. The van der Waals surface area contributed by atoms with Gasteiger partial charge in [-0.05, 0) is 25.7 Å². The summed E-state index contributed by atoms with van der Waals surface area (Å²) in [5.41, 5.74) is 5.03. The number of rotatable bonds is 26. The summed E-state index contributed by atoms with van der Waals surface area (Å²) in [4.78, 5) is 71.4. The summed E-state index contributed by atoms with van der Waals surface area (Å²) in [7, 11) is 0. The minimum Gasteiger partial charge on any atom is -0.379 e. The molecule has 1 aliphatic rings. The van der Waals surface area contributed by atoms with Crippen molar-refractivity contribution in [1.82, 2.24) is 26.2 Å². The lowest BCUT2D eigenvalue weighted by Crippen LogP contribution is -2.51. The molecule has 45 heavy (non-hydrogen) atoms. The average molecular weight is 643 g/mol. The maximum Gasteiger partial charge on any atom is 0.312 e. The first-order chi connectivity index (χ1) is 21.5. The summed E-state index contributed by atoms with van der Waals surface area (Å²) < 4.78 is 21.7. The number of amides is 7. The van der Waals surface area contributed by atoms with Crippen LogP contribution in [0.2, 0.25) is 0 Å². The van der Waals surface area contributed by atoms with E-state index < -0.39 is 23.9 Å². The van der Waals surface area contributed by atoms with Gasteiger partial charge < -0.3 is 45.9 Å². The third-order valence-corrected chi connectivity index (χ3v) is 6.39. The highest BCUT2D eigenvalue weighted by Gasteiger charge is 2.25. The van der Waals surface area contributed by atoms with Crippen LogP contribution in [0.3, 0.4) is 0 Å². The van der Waals surface area contributed by atoms with E-state index in [2.05, 4.69) is 21.3 Å². The van der Waals surface area contributed by atoms with E-state index in [9.17, 15) is 28.8 Å². The van der Waals surface area contributed by atoms with Gasteiger partial charge in [0.1, 0.15) is 6.04 Å². The molecule has 6 N–H and O–H groups in total. The molecule has 0 spiro atoms. The van der Waals surface area contributed by atoms with Crippen molar-refractivity contribution >= 4 is 35.6 Å². The maximum atomic E-state index is 12.7. The van der Waals surface area contributed by atoms with Gasteiger partial charge in [0.25, 0.3) is 11.8 Å². The van der Waals surface area contributed by atoms with Crippen LogP contribution < -0.4 is 27.0 Å². The van der Waals surface area contributed by atoms with Crippen LogP contribution in [0.4, 0.5) is 4.79 Å². The van der Waals surface area contributed by atoms with Crippen molar-refractivity contribution in [3.05, 3.63) is 12.2 Å². The van der Waals surface area contributed by atoms with Gasteiger partial charge >= 0.3 is 6.03 Å². The number of imide groups is 1. The first-order valence-electron chi connectivity index (χ1n) is 15.3. The summed E-state index contributed by atoms with van der Waals surface area (Å²) >= 11 is 0. The number of nitrogens with one attached hydrogen (secondary N) is 4. The maximum absolute atomic E-state index is 12.7. The number of hydrogen-bond acceptors (Lipinski definition) is 10. The van der Waals surface area contributed by atoms with Crippen LogP contribution in [-0.4, -0.2) is 125 Å². The Morgan fingerprint density at radius 3 is 1.84 bits per heavy atom. The molecule has 0 unspecified atom stereocenters. The molecule has 0 aliphatic carbocycles. The van der Waals surface area contributed by atoms with Gasteiger partial charge in [0.15, 0.2) is 0 Å². The molecule has 7 amide bonds. The SMILES string of the molecule is CC(C)[C@H](NC(=O)CCOCCOCCOCCOCCNC(=O)CCN1C(=O)C=CC1=O)C(=O)N[C@H](C)CCCNC(N)=O. The van der Waals surface area contributed by atoms with Crippen LogP contribution in [0.1, 0.15) is 46.5 Å². The van der Waals surface area contributed by atoms with Gasteiger partial charge in [-0.25, -0.2) is 4.79 Å². The first kappa shape index (κ1) is 39.4. The number of ether oxygens (including phenoxy) is 4. The number of hydrogen-bond donors (Lipinski definition) is 5. The van der Waals surface area contributed by atoms with E-state index in [1.807, 2.05) is 20.8 Å². The van der Waals surface area contributed by atoms with E-state index in [0.717, 1.165) is 4.90 Å². The summed E-state index contributed by atoms with van der Waals surface area (Å²) in [5, 5.41) is 10.8. The molecule has 1 rings (SSSR count). The first-order valence-corrected chi connectivity index (χ1v) is 15.3. The Bertz CT molecular complexity index is 959. The lowest BCUT2D eigenvalue weighted by Gasteiger charge is -2.24. The van der Waals surface area contributed by atoms with Crippen molar-refractivity contribution in [3.63, 3.8) is 0 Å². The third-order valence-electron chi connectivity index (χ3n) is 6.39. The monoisotopic (exact) mass is 642 g/mol. The van der Waals surface area contributed by atoms with Gasteiger partial charge in [0, 0.05) is 50.7 Å². The Morgan fingerprint density at radius 1 is 0.733 bits per heavy atom. The van der Waals surface area contributed by atoms with E-state index in [0.29, 0.717) is 72.2 Å².